The van der Waals surface area contributed by atoms with E-state index in [0.717, 1.165) is 28.2 Å². The highest BCUT2D eigenvalue weighted by Gasteiger charge is 2.12. The van der Waals surface area contributed by atoms with Crippen molar-refractivity contribution in [2.45, 2.75) is 59.7 Å². The number of ether oxygens (including phenoxy) is 2. The van der Waals surface area contributed by atoms with Crippen molar-refractivity contribution < 1.29 is 14.3 Å². The fourth-order valence-electron chi connectivity index (χ4n) is 3.39. The summed E-state index contributed by atoms with van der Waals surface area (Å²) in [6.07, 6.45) is 3.79. The third-order valence-electron chi connectivity index (χ3n) is 5.62. The van der Waals surface area contributed by atoms with Crippen LogP contribution in [0.15, 0.2) is 86.0 Å². The molecule has 0 aliphatic carbocycles. The van der Waals surface area contributed by atoms with Gasteiger partial charge in [-0.15, -0.1) is 0 Å². The number of aryl methyl sites for hydroxylation is 1. The Balaban J connectivity index is 0.000000641. The van der Waals surface area contributed by atoms with Crippen LogP contribution in [0.25, 0.3) is 6.08 Å². The van der Waals surface area contributed by atoms with E-state index in [4.69, 9.17) is 9.47 Å². The Morgan fingerprint density at radius 2 is 1.49 bits per heavy atom. The van der Waals surface area contributed by atoms with Crippen LogP contribution in [-0.4, -0.2) is 5.78 Å². The number of carbonyl (C=O) groups excluding carboxylic acids is 1. The number of hydrogen-bond donors (Lipinski definition) is 0. The molecule has 0 N–H and O–H groups in total. The normalized spacial score (nSPS) is 10.5. The molecular weight excluding hydrogens is 432 g/mol. The number of allylic oxidation sites excluding steroid dienone is 1. The van der Waals surface area contributed by atoms with E-state index in [1.807, 2.05) is 43.3 Å². The fraction of sp³-hybridized carbons (Fsp3) is 0.281. The largest absolute Gasteiger partial charge is 0.489 e. The molecule has 35 heavy (non-hydrogen) atoms. The minimum atomic E-state index is 0.106. The summed E-state index contributed by atoms with van der Waals surface area (Å²) >= 11 is 0. The van der Waals surface area contributed by atoms with Gasteiger partial charge in [-0.2, -0.15) is 0 Å². The van der Waals surface area contributed by atoms with Gasteiger partial charge in [-0.25, -0.2) is 0 Å². The summed E-state index contributed by atoms with van der Waals surface area (Å²) in [5.74, 6) is 1.70. The van der Waals surface area contributed by atoms with E-state index in [-0.39, 0.29) is 11.2 Å². The van der Waals surface area contributed by atoms with Gasteiger partial charge < -0.3 is 9.47 Å². The summed E-state index contributed by atoms with van der Waals surface area (Å²) in [5.41, 5.74) is 6.11. The van der Waals surface area contributed by atoms with Gasteiger partial charge in [0.1, 0.15) is 24.7 Å². The molecule has 0 radical (unpaired) electrons. The number of rotatable bonds is 9. The summed E-state index contributed by atoms with van der Waals surface area (Å²) in [6.45, 7) is 18.8. The van der Waals surface area contributed by atoms with Crippen LogP contribution in [0.1, 0.15) is 61.9 Å². The molecule has 184 valence electrons. The summed E-state index contributed by atoms with van der Waals surface area (Å²) in [7, 11) is 0. The molecule has 3 rings (SSSR count). The summed E-state index contributed by atoms with van der Waals surface area (Å²) < 4.78 is 12.0. The van der Waals surface area contributed by atoms with Crippen LogP contribution in [0.4, 0.5) is 0 Å². The predicted molar refractivity (Wildman–Crippen MR) is 147 cm³/mol. The van der Waals surface area contributed by atoms with Crippen molar-refractivity contribution >= 4 is 11.9 Å². The van der Waals surface area contributed by atoms with Gasteiger partial charge in [-0.3, -0.25) is 4.79 Å². The first-order valence-electron chi connectivity index (χ1n) is 12.0. The van der Waals surface area contributed by atoms with E-state index in [9.17, 15) is 4.79 Å². The quantitative estimate of drug-likeness (QED) is 0.295. The Labute approximate surface area is 211 Å². The molecule has 0 aromatic heterocycles. The van der Waals surface area contributed by atoms with E-state index in [2.05, 4.69) is 77.3 Å². The lowest BCUT2D eigenvalue weighted by atomic mass is 9.87. The maximum atomic E-state index is 10.1. The lowest BCUT2D eigenvalue weighted by molar-refractivity contribution is -0.114. The number of hydrogen-bond acceptors (Lipinski definition) is 3. The van der Waals surface area contributed by atoms with Crippen LogP contribution < -0.4 is 9.47 Å². The Morgan fingerprint density at radius 1 is 0.886 bits per heavy atom. The van der Waals surface area contributed by atoms with Crippen LogP contribution in [0.2, 0.25) is 0 Å². The summed E-state index contributed by atoms with van der Waals surface area (Å²) in [6, 6.07) is 22.6. The Morgan fingerprint density at radius 3 is 2.00 bits per heavy atom. The van der Waals surface area contributed by atoms with Crippen molar-refractivity contribution in [3.05, 3.63) is 114 Å². The second-order valence-corrected chi connectivity index (χ2v) is 9.37. The zero-order valence-corrected chi connectivity index (χ0v) is 21.8. The molecule has 0 saturated heterocycles. The topological polar surface area (TPSA) is 35.5 Å². The van der Waals surface area contributed by atoms with Gasteiger partial charge in [0.2, 0.25) is 0 Å². The first kappa shape index (κ1) is 27.7. The molecule has 0 spiro atoms. The first-order valence-corrected chi connectivity index (χ1v) is 12.0. The standard InChI is InChI=1S/C27H30O2.C5H8O/c1-6-26-20(2)9-7-10-22(26)19-29-25-12-8-11-24(17-25)28-18-21-13-15-23(16-14-21)27(3,4)5;1-3-5(6)4-2/h6-17H,1,18-19H2,2-5H3;3H,1,4H2,2H3. The number of benzene rings is 3. The van der Waals surface area contributed by atoms with Crippen molar-refractivity contribution in [2.24, 2.45) is 0 Å². The zero-order valence-electron chi connectivity index (χ0n) is 21.8. The molecule has 0 aliphatic heterocycles. The van der Waals surface area contributed by atoms with Crippen LogP contribution in [0.3, 0.4) is 0 Å². The molecule has 0 unspecified atom stereocenters. The molecular formula is C32H38O3. The third-order valence-corrected chi connectivity index (χ3v) is 5.62. The molecule has 0 heterocycles. The highest BCUT2D eigenvalue weighted by atomic mass is 16.5. The molecule has 3 heteroatoms. The smallest absolute Gasteiger partial charge is 0.154 e. The SMILES string of the molecule is C=CC(=O)CC.C=Cc1c(C)cccc1COc1cccc(OCc2ccc(C(C)(C)C)cc2)c1. The molecule has 0 atom stereocenters. The fourth-order valence-corrected chi connectivity index (χ4v) is 3.39. The van der Waals surface area contributed by atoms with Crippen molar-refractivity contribution in [3.8, 4) is 11.5 Å². The average Bonchev–Trinajstić information content (AvgIpc) is 2.86. The van der Waals surface area contributed by atoms with E-state index >= 15 is 0 Å². The molecule has 3 aromatic carbocycles. The lowest BCUT2D eigenvalue weighted by Gasteiger charge is -2.19. The van der Waals surface area contributed by atoms with Gasteiger partial charge in [0.25, 0.3) is 0 Å². The monoisotopic (exact) mass is 470 g/mol. The zero-order chi connectivity index (χ0) is 25.8. The van der Waals surface area contributed by atoms with Crippen LogP contribution in [-0.2, 0) is 23.4 Å². The van der Waals surface area contributed by atoms with E-state index in [0.29, 0.717) is 19.6 Å². The highest BCUT2D eigenvalue weighted by molar-refractivity contribution is 5.88. The van der Waals surface area contributed by atoms with Gasteiger partial charge >= 0.3 is 0 Å². The van der Waals surface area contributed by atoms with Crippen molar-refractivity contribution in [3.63, 3.8) is 0 Å². The predicted octanol–water partition coefficient (Wildman–Crippen LogP) is 8.25. The van der Waals surface area contributed by atoms with Crippen LogP contribution in [0.5, 0.6) is 11.5 Å². The molecule has 0 fully saturated rings. The maximum absolute atomic E-state index is 10.1. The lowest BCUT2D eigenvalue weighted by Crippen LogP contribution is -2.10. The van der Waals surface area contributed by atoms with Crippen molar-refractivity contribution in [1.82, 2.24) is 0 Å². The van der Waals surface area contributed by atoms with Gasteiger partial charge in [0.15, 0.2) is 5.78 Å². The molecule has 0 bridgehead atoms. The highest BCUT2D eigenvalue weighted by Crippen LogP contribution is 2.25. The Kier molecular flexibility index (Phi) is 10.5. The second-order valence-electron chi connectivity index (χ2n) is 9.37. The van der Waals surface area contributed by atoms with Crippen molar-refractivity contribution in [2.75, 3.05) is 0 Å². The molecule has 0 amide bonds. The Hall–Kier alpha value is -3.59. The molecule has 0 aliphatic rings. The van der Waals surface area contributed by atoms with Gasteiger partial charge in [0, 0.05) is 12.5 Å². The van der Waals surface area contributed by atoms with Crippen molar-refractivity contribution in [1.29, 1.82) is 0 Å². The van der Waals surface area contributed by atoms with Gasteiger partial charge in [0.05, 0.1) is 0 Å². The van der Waals surface area contributed by atoms with Crippen LogP contribution >= 0.6 is 0 Å². The molecule has 0 saturated carbocycles. The summed E-state index contributed by atoms with van der Waals surface area (Å²) in [5, 5.41) is 0. The van der Waals surface area contributed by atoms with Gasteiger partial charge in [-0.05, 0) is 58.4 Å². The van der Waals surface area contributed by atoms with E-state index in [1.54, 1.807) is 0 Å². The first-order chi connectivity index (χ1) is 16.7. The Bertz CT molecular complexity index is 1120. The maximum Gasteiger partial charge on any atom is 0.154 e. The number of ketones is 1. The minimum absolute atomic E-state index is 0.106. The number of carbonyl (C=O) groups is 1. The van der Waals surface area contributed by atoms with E-state index < -0.39 is 0 Å². The minimum Gasteiger partial charge on any atom is -0.489 e. The molecule has 3 aromatic rings. The second kappa shape index (κ2) is 13.3. The van der Waals surface area contributed by atoms with Crippen LogP contribution in [0, 0.1) is 6.92 Å². The van der Waals surface area contributed by atoms with E-state index in [1.165, 1.54) is 17.2 Å². The third kappa shape index (κ3) is 8.94. The van der Waals surface area contributed by atoms with Gasteiger partial charge in [-0.1, -0.05) is 95.5 Å². The average molecular weight is 471 g/mol. The summed E-state index contributed by atoms with van der Waals surface area (Å²) in [4.78, 5) is 10.1. The molecule has 3 nitrogen and oxygen atoms in total.